The molecule has 0 spiro atoms. The van der Waals surface area contributed by atoms with Crippen molar-refractivity contribution in [1.82, 2.24) is 4.98 Å². The molecule has 0 bridgehead atoms. The van der Waals surface area contributed by atoms with E-state index in [0.717, 1.165) is 23.2 Å². The molecule has 3 rings (SSSR count). The molecule has 144 valence electrons. The van der Waals surface area contributed by atoms with Crippen LogP contribution in [0.1, 0.15) is 27.0 Å². The Hall–Kier alpha value is -2.55. The Labute approximate surface area is 171 Å². The van der Waals surface area contributed by atoms with Crippen LogP contribution >= 0.6 is 22.9 Å². The van der Waals surface area contributed by atoms with E-state index in [2.05, 4.69) is 10.3 Å². The predicted molar refractivity (Wildman–Crippen MR) is 110 cm³/mol. The molecule has 1 aromatic heterocycles. The quantitative estimate of drug-likeness (QED) is 0.603. The average molecular weight is 435 g/mol. The number of nitrogens with zero attached hydrogens (tertiary/aromatic N) is 1. The highest BCUT2D eigenvalue weighted by Crippen LogP contribution is 2.32. The molecule has 0 radical (unpaired) electrons. The molecule has 2 aromatic carbocycles. The van der Waals surface area contributed by atoms with Gasteiger partial charge >= 0.3 is 0 Å². The molecule has 0 aliphatic carbocycles. The van der Waals surface area contributed by atoms with E-state index < -0.39 is 15.7 Å². The molecule has 1 amide bonds. The molecule has 0 atom stereocenters. The summed E-state index contributed by atoms with van der Waals surface area (Å²) in [5.41, 5.74) is 1.23. The maximum Gasteiger partial charge on any atom is 0.259 e. The first-order chi connectivity index (χ1) is 13.2. The van der Waals surface area contributed by atoms with Crippen LogP contribution in [0.25, 0.3) is 11.3 Å². The van der Waals surface area contributed by atoms with Gasteiger partial charge in [-0.3, -0.25) is 14.9 Å². The first kappa shape index (κ1) is 20.2. The normalized spacial score (nSPS) is 11.2. The van der Waals surface area contributed by atoms with Crippen molar-refractivity contribution in [1.29, 1.82) is 0 Å². The Morgan fingerprint density at radius 3 is 2.39 bits per heavy atom. The van der Waals surface area contributed by atoms with Crippen molar-refractivity contribution in [2.75, 3.05) is 11.6 Å². The maximum absolute atomic E-state index is 12.6. The number of anilines is 1. The van der Waals surface area contributed by atoms with Gasteiger partial charge < -0.3 is 0 Å². The van der Waals surface area contributed by atoms with Crippen molar-refractivity contribution in [3.05, 3.63) is 64.0 Å². The number of nitrogens with one attached hydrogen (secondary N) is 1. The summed E-state index contributed by atoms with van der Waals surface area (Å²) in [4.78, 5) is 29.4. The van der Waals surface area contributed by atoms with Crippen molar-refractivity contribution in [2.24, 2.45) is 0 Å². The molecule has 0 fully saturated rings. The van der Waals surface area contributed by atoms with E-state index in [9.17, 15) is 18.0 Å². The molecule has 6 nitrogen and oxygen atoms in total. The van der Waals surface area contributed by atoms with Gasteiger partial charge in [0.1, 0.15) is 0 Å². The standard InChI is InChI=1S/C19H15ClN2O4S2/c1-11(23)17-16(12-6-4-3-5-7-12)21-19(27-17)22-18(24)14-10-13(28(2,25)26)8-9-15(14)20/h3-10H,1-2H3,(H,21,22,24). The zero-order valence-electron chi connectivity index (χ0n) is 14.9. The third-order valence-electron chi connectivity index (χ3n) is 3.83. The minimum atomic E-state index is -3.49. The first-order valence-corrected chi connectivity index (χ1v) is 11.1. The fraction of sp³-hybridized carbons (Fsp3) is 0.105. The molecular weight excluding hydrogens is 420 g/mol. The van der Waals surface area contributed by atoms with E-state index in [1.165, 1.54) is 25.1 Å². The van der Waals surface area contributed by atoms with E-state index in [0.29, 0.717) is 10.6 Å². The van der Waals surface area contributed by atoms with Gasteiger partial charge in [0.15, 0.2) is 20.8 Å². The Balaban J connectivity index is 1.97. The summed E-state index contributed by atoms with van der Waals surface area (Å²) in [6, 6.07) is 13.0. The molecule has 3 aromatic rings. The summed E-state index contributed by atoms with van der Waals surface area (Å²) in [6.07, 6.45) is 1.05. The number of carbonyl (C=O) groups excluding carboxylic acids is 2. The van der Waals surface area contributed by atoms with Crippen LogP contribution in [0.15, 0.2) is 53.4 Å². The van der Waals surface area contributed by atoms with Crippen LogP contribution in [0.5, 0.6) is 0 Å². The number of Topliss-reactive ketones (excluding diaryl/α,β-unsaturated/α-hetero) is 1. The Morgan fingerprint density at radius 2 is 1.79 bits per heavy atom. The molecule has 1 N–H and O–H groups in total. The third kappa shape index (κ3) is 4.30. The van der Waals surface area contributed by atoms with Crippen molar-refractivity contribution < 1.29 is 18.0 Å². The van der Waals surface area contributed by atoms with Gasteiger partial charge in [-0.15, -0.1) is 0 Å². The lowest BCUT2D eigenvalue weighted by molar-refractivity contribution is 0.101. The van der Waals surface area contributed by atoms with Crippen molar-refractivity contribution in [2.45, 2.75) is 11.8 Å². The van der Waals surface area contributed by atoms with Gasteiger partial charge in [-0.05, 0) is 18.2 Å². The van der Waals surface area contributed by atoms with E-state index in [1.807, 2.05) is 30.3 Å². The minimum absolute atomic E-state index is 0.00503. The highest BCUT2D eigenvalue weighted by molar-refractivity contribution is 7.90. The first-order valence-electron chi connectivity index (χ1n) is 8.05. The fourth-order valence-corrected chi connectivity index (χ4v) is 4.21. The van der Waals surface area contributed by atoms with Crippen molar-refractivity contribution in [3.8, 4) is 11.3 Å². The molecule has 28 heavy (non-hydrogen) atoms. The average Bonchev–Trinajstić information content (AvgIpc) is 3.06. The van der Waals surface area contributed by atoms with Crippen LogP contribution in [0.4, 0.5) is 5.13 Å². The number of sulfone groups is 1. The summed E-state index contributed by atoms with van der Waals surface area (Å²) in [6.45, 7) is 1.43. The lowest BCUT2D eigenvalue weighted by Gasteiger charge is -2.06. The van der Waals surface area contributed by atoms with Crippen LogP contribution in [0, 0.1) is 0 Å². The minimum Gasteiger partial charge on any atom is -0.298 e. The summed E-state index contributed by atoms with van der Waals surface area (Å²) in [5, 5.41) is 2.93. The van der Waals surface area contributed by atoms with E-state index >= 15 is 0 Å². The Morgan fingerprint density at radius 1 is 1.11 bits per heavy atom. The predicted octanol–water partition coefficient (Wildman–Crippen LogP) is 4.32. The number of hydrogen-bond acceptors (Lipinski definition) is 6. The molecular formula is C19H15ClN2O4S2. The molecule has 0 saturated carbocycles. The second-order valence-corrected chi connectivity index (χ2v) is 9.41. The van der Waals surface area contributed by atoms with Gasteiger partial charge in [0.05, 0.1) is 26.1 Å². The molecule has 0 unspecified atom stereocenters. The monoisotopic (exact) mass is 434 g/mol. The zero-order chi connectivity index (χ0) is 20.5. The van der Waals surface area contributed by atoms with Gasteiger partial charge in [0.25, 0.3) is 5.91 Å². The number of hydrogen-bond donors (Lipinski definition) is 1. The van der Waals surface area contributed by atoms with Crippen molar-refractivity contribution in [3.63, 3.8) is 0 Å². The highest BCUT2D eigenvalue weighted by atomic mass is 35.5. The zero-order valence-corrected chi connectivity index (χ0v) is 17.3. The highest BCUT2D eigenvalue weighted by Gasteiger charge is 2.20. The van der Waals surface area contributed by atoms with Crippen LogP contribution in [0.2, 0.25) is 5.02 Å². The lowest BCUT2D eigenvalue weighted by atomic mass is 10.1. The molecule has 0 aliphatic rings. The number of aromatic nitrogens is 1. The van der Waals surface area contributed by atoms with Gasteiger partial charge in [-0.2, -0.15) is 0 Å². The number of ketones is 1. The summed E-state index contributed by atoms with van der Waals surface area (Å²) < 4.78 is 23.5. The number of halogens is 1. The van der Waals surface area contributed by atoms with Crippen LogP contribution in [-0.4, -0.2) is 31.3 Å². The lowest BCUT2D eigenvalue weighted by Crippen LogP contribution is -2.13. The number of carbonyl (C=O) groups is 2. The van der Waals surface area contributed by atoms with Crippen LogP contribution < -0.4 is 5.32 Å². The van der Waals surface area contributed by atoms with Crippen molar-refractivity contribution >= 4 is 49.6 Å². The van der Waals surface area contributed by atoms with Gasteiger partial charge in [0, 0.05) is 18.7 Å². The van der Waals surface area contributed by atoms with E-state index in [1.54, 1.807) is 0 Å². The molecule has 1 heterocycles. The number of rotatable bonds is 5. The number of amides is 1. The Kier molecular flexibility index (Phi) is 5.64. The third-order valence-corrected chi connectivity index (χ3v) is 6.34. The van der Waals surface area contributed by atoms with Gasteiger partial charge in [-0.1, -0.05) is 53.3 Å². The fourth-order valence-electron chi connectivity index (χ4n) is 2.48. The van der Waals surface area contributed by atoms with E-state index in [-0.39, 0.29) is 26.4 Å². The molecule has 0 aliphatic heterocycles. The van der Waals surface area contributed by atoms with Gasteiger partial charge in [0.2, 0.25) is 0 Å². The maximum atomic E-state index is 12.6. The number of benzene rings is 2. The van der Waals surface area contributed by atoms with Crippen LogP contribution in [0.3, 0.4) is 0 Å². The van der Waals surface area contributed by atoms with Gasteiger partial charge in [-0.25, -0.2) is 13.4 Å². The Bertz CT molecular complexity index is 1170. The molecule has 0 saturated heterocycles. The smallest absolute Gasteiger partial charge is 0.259 e. The van der Waals surface area contributed by atoms with Crippen LogP contribution in [-0.2, 0) is 9.84 Å². The SMILES string of the molecule is CC(=O)c1sc(NC(=O)c2cc(S(C)(=O)=O)ccc2Cl)nc1-c1ccccc1. The topological polar surface area (TPSA) is 93.2 Å². The second kappa shape index (κ2) is 7.83. The summed E-state index contributed by atoms with van der Waals surface area (Å²) >= 11 is 7.11. The van der Waals surface area contributed by atoms with E-state index in [4.69, 9.17) is 11.6 Å². The summed E-state index contributed by atoms with van der Waals surface area (Å²) in [5.74, 6) is -0.784. The molecule has 9 heteroatoms. The second-order valence-electron chi connectivity index (χ2n) is 5.99. The largest absolute Gasteiger partial charge is 0.298 e. The summed E-state index contributed by atoms with van der Waals surface area (Å²) in [7, 11) is -3.49. The number of thiazole rings is 1.